The minimum absolute atomic E-state index is 0.0477. The zero-order valence-corrected chi connectivity index (χ0v) is 13.1. The fourth-order valence-corrected chi connectivity index (χ4v) is 3.12. The average Bonchev–Trinajstić information content (AvgIpc) is 2.48. The van der Waals surface area contributed by atoms with E-state index in [0.717, 1.165) is 11.6 Å². The zero-order valence-electron chi connectivity index (χ0n) is 11.5. The second-order valence-corrected chi connectivity index (χ2v) is 6.79. The minimum Gasteiger partial charge on any atom is -0.207 e. The molecule has 0 bridgehead atoms. The number of rotatable bonds is 4. The number of benzene rings is 2. The van der Waals surface area contributed by atoms with Crippen LogP contribution in [0.2, 0.25) is 5.02 Å². The Balaban J connectivity index is 2.31. The van der Waals surface area contributed by atoms with E-state index in [-0.39, 0.29) is 15.5 Å². The van der Waals surface area contributed by atoms with E-state index < -0.39 is 21.9 Å². The van der Waals surface area contributed by atoms with E-state index in [1.54, 1.807) is 12.1 Å². The molecule has 7 heteroatoms. The molecule has 2 aromatic rings. The summed E-state index contributed by atoms with van der Waals surface area (Å²) in [5.41, 5.74) is 1.19. The van der Waals surface area contributed by atoms with Gasteiger partial charge < -0.3 is 0 Å². The Morgan fingerprint density at radius 2 is 1.86 bits per heavy atom. The van der Waals surface area contributed by atoms with Crippen LogP contribution in [0.5, 0.6) is 0 Å². The predicted molar refractivity (Wildman–Crippen MR) is 81.3 cm³/mol. The zero-order chi connectivity index (χ0) is 16.3. The molecule has 1 unspecified atom stereocenters. The summed E-state index contributed by atoms with van der Waals surface area (Å²) in [6.45, 7) is 1.84. The van der Waals surface area contributed by atoms with Crippen molar-refractivity contribution in [2.24, 2.45) is 0 Å². The van der Waals surface area contributed by atoms with E-state index in [1.165, 1.54) is 24.3 Å². The van der Waals surface area contributed by atoms with Crippen LogP contribution in [0.15, 0.2) is 47.4 Å². The molecular formula is C15H12ClFN2O2S. The maximum Gasteiger partial charge on any atom is 0.241 e. The molecule has 0 spiro atoms. The molecule has 114 valence electrons. The Hall–Kier alpha value is -1.94. The van der Waals surface area contributed by atoms with E-state index in [4.69, 9.17) is 11.6 Å². The van der Waals surface area contributed by atoms with Gasteiger partial charge in [-0.2, -0.15) is 9.98 Å². The summed E-state index contributed by atoms with van der Waals surface area (Å²) in [7, 11) is -3.87. The molecule has 0 saturated heterocycles. The topological polar surface area (TPSA) is 70.0 Å². The van der Waals surface area contributed by atoms with Crippen LogP contribution in [0.25, 0.3) is 0 Å². The van der Waals surface area contributed by atoms with Gasteiger partial charge in [0.25, 0.3) is 0 Å². The molecular weight excluding hydrogens is 327 g/mol. The third-order valence-electron chi connectivity index (χ3n) is 3.01. The van der Waals surface area contributed by atoms with Crippen LogP contribution in [0, 0.1) is 24.1 Å². The first kappa shape index (κ1) is 16.4. The van der Waals surface area contributed by atoms with Gasteiger partial charge in [-0.15, -0.1) is 0 Å². The van der Waals surface area contributed by atoms with Crippen molar-refractivity contribution in [3.05, 3.63) is 64.4 Å². The lowest BCUT2D eigenvalue weighted by Gasteiger charge is -2.13. The van der Waals surface area contributed by atoms with Crippen molar-refractivity contribution in [3.63, 3.8) is 0 Å². The van der Waals surface area contributed by atoms with Gasteiger partial charge >= 0.3 is 0 Å². The number of hydrogen-bond acceptors (Lipinski definition) is 3. The lowest BCUT2D eigenvalue weighted by Crippen LogP contribution is -2.27. The first-order chi connectivity index (χ1) is 10.3. The van der Waals surface area contributed by atoms with Crippen molar-refractivity contribution in [3.8, 4) is 6.07 Å². The molecule has 0 aliphatic heterocycles. The molecule has 2 aromatic carbocycles. The number of halogens is 2. The Morgan fingerprint density at radius 3 is 2.41 bits per heavy atom. The fourth-order valence-electron chi connectivity index (χ4n) is 1.80. The second kappa shape index (κ2) is 6.44. The molecule has 0 saturated carbocycles. The van der Waals surface area contributed by atoms with Crippen LogP contribution < -0.4 is 4.72 Å². The van der Waals surface area contributed by atoms with Gasteiger partial charge in [0, 0.05) is 0 Å². The molecule has 1 N–H and O–H groups in total. The molecule has 4 nitrogen and oxygen atoms in total. The molecule has 0 aromatic heterocycles. The number of nitrogens with one attached hydrogen (secondary N) is 1. The van der Waals surface area contributed by atoms with Crippen molar-refractivity contribution in [1.29, 1.82) is 5.26 Å². The summed E-state index contributed by atoms with van der Waals surface area (Å²) in [5, 5.41) is 9.01. The highest BCUT2D eigenvalue weighted by Gasteiger charge is 2.21. The number of aryl methyl sites for hydroxylation is 1. The standard InChI is InChI=1S/C15H12ClFN2O2S/c1-10-2-5-12(6-3-10)22(20,21)19-15(9-18)11-4-7-14(17)13(16)8-11/h2-8,15,19H,1H3. The second-order valence-electron chi connectivity index (χ2n) is 4.67. The van der Waals surface area contributed by atoms with Crippen LogP contribution in [0.3, 0.4) is 0 Å². The van der Waals surface area contributed by atoms with Crippen molar-refractivity contribution in [1.82, 2.24) is 4.72 Å². The van der Waals surface area contributed by atoms with Crippen LogP contribution in [0.4, 0.5) is 4.39 Å². The van der Waals surface area contributed by atoms with Crippen LogP contribution in [-0.4, -0.2) is 8.42 Å². The molecule has 22 heavy (non-hydrogen) atoms. The molecule has 0 radical (unpaired) electrons. The summed E-state index contributed by atoms with van der Waals surface area (Å²) in [6, 6.07) is 10.5. The quantitative estimate of drug-likeness (QED) is 0.929. The summed E-state index contributed by atoms with van der Waals surface area (Å²) in [5.74, 6) is -0.636. The number of nitrogens with zero attached hydrogens (tertiary/aromatic N) is 1. The third kappa shape index (κ3) is 3.63. The largest absolute Gasteiger partial charge is 0.241 e. The van der Waals surface area contributed by atoms with Crippen molar-refractivity contribution < 1.29 is 12.8 Å². The van der Waals surface area contributed by atoms with Crippen LogP contribution >= 0.6 is 11.6 Å². The lowest BCUT2D eigenvalue weighted by atomic mass is 10.1. The summed E-state index contributed by atoms with van der Waals surface area (Å²) in [6.07, 6.45) is 0. The molecule has 0 aliphatic carbocycles. The molecule has 0 amide bonds. The maximum atomic E-state index is 13.2. The van der Waals surface area contributed by atoms with Crippen LogP contribution in [0.1, 0.15) is 17.2 Å². The number of sulfonamides is 1. The highest BCUT2D eigenvalue weighted by Crippen LogP contribution is 2.22. The van der Waals surface area contributed by atoms with E-state index in [2.05, 4.69) is 4.72 Å². The third-order valence-corrected chi connectivity index (χ3v) is 4.74. The van der Waals surface area contributed by atoms with E-state index >= 15 is 0 Å². The van der Waals surface area contributed by atoms with Gasteiger partial charge in [0.15, 0.2) is 0 Å². The van der Waals surface area contributed by atoms with Crippen molar-refractivity contribution >= 4 is 21.6 Å². The average molecular weight is 339 g/mol. The van der Waals surface area contributed by atoms with Gasteiger partial charge in [-0.1, -0.05) is 35.4 Å². The number of hydrogen-bond donors (Lipinski definition) is 1. The molecule has 2 rings (SSSR count). The van der Waals surface area contributed by atoms with Crippen LogP contribution in [-0.2, 0) is 10.0 Å². The molecule has 1 atom stereocenters. The SMILES string of the molecule is Cc1ccc(S(=O)(=O)NC(C#N)c2ccc(F)c(Cl)c2)cc1. The van der Waals surface area contributed by atoms with Crippen molar-refractivity contribution in [2.75, 3.05) is 0 Å². The monoisotopic (exact) mass is 338 g/mol. The fraction of sp³-hybridized carbons (Fsp3) is 0.133. The highest BCUT2D eigenvalue weighted by atomic mass is 35.5. The summed E-state index contributed by atoms with van der Waals surface area (Å²) >= 11 is 5.66. The highest BCUT2D eigenvalue weighted by molar-refractivity contribution is 7.89. The van der Waals surface area contributed by atoms with Crippen molar-refractivity contribution in [2.45, 2.75) is 17.9 Å². The minimum atomic E-state index is -3.87. The summed E-state index contributed by atoms with van der Waals surface area (Å²) < 4.78 is 40.0. The normalized spacial score (nSPS) is 12.6. The van der Waals surface area contributed by atoms with Gasteiger partial charge in [-0.3, -0.25) is 0 Å². The predicted octanol–water partition coefficient (Wildman–Crippen LogP) is 3.33. The van der Waals surface area contributed by atoms with Gasteiger partial charge in [0.2, 0.25) is 10.0 Å². The maximum absolute atomic E-state index is 13.2. The van der Waals surface area contributed by atoms with Gasteiger partial charge in [0.1, 0.15) is 11.9 Å². The Morgan fingerprint density at radius 1 is 1.23 bits per heavy atom. The summed E-state index contributed by atoms with van der Waals surface area (Å²) in [4.78, 5) is 0.0477. The first-order valence-corrected chi connectivity index (χ1v) is 8.13. The van der Waals surface area contributed by atoms with Gasteiger partial charge in [-0.25, -0.2) is 12.8 Å². The lowest BCUT2D eigenvalue weighted by molar-refractivity contribution is 0.575. The van der Waals surface area contributed by atoms with E-state index in [0.29, 0.717) is 0 Å². The number of nitriles is 1. The smallest absolute Gasteiger partial charge is 0.207 e. The van der Waals surface area contributed by atoms with E-state index in [9.17, 15) is 18.1 Å². The van der Waals surface area contributed by atoms with Gasteiger partial charge in [0.05, 0.1) is 16.0 Å². The Labute approximate surface area is 133 Å². The Kier molecular flexibility index (Phi) is 4.81. The van der Waals surface area contributed by atoms with Gasteiger partial charge in [-0.05, 0) is 36.8 Å². The molecule has 0 heterocycles. The molecule has 0 fully saturated rings. The molecule has 0 aliphatic rings. The first-order valence-electron chi connectivity index (χ1n) is 6.27. The Bertz CT molecular complexity index is 830. The van der Waals surface area contributed by atoms with E-state index in [1.807, 2.05) is 13.0 Å².